The Morgan fingerprint density at radius 3 is 2.82 bits per heavy atom. The molecule has 0 fully saturated rings. The maximum absolute atomic E-state index is 12.6. The zero-order valence-electron chi connectivity index (χ0n) is 12.1. The van der Waals surface area contributed by atoms with Crippen molar-refractivity contribution in [2.24, 2.45) is 0 Å². The second-order valence-corrected chi connectivity index (χ2v) is 7.34. The smallest absolute Gasteiger partial charge is 0.256 e. The van der Waals surface area contributed by atoms with E-state index in [1.54, 1.807) is 11.3 Å². The van der Waals surface area contributed by atoms with Gasteiger partial charge in [0.25, 0.3) is 5.91 Å². The van der Waals surface area contributed by atoms with Crippen LogP contribution in [-0.4, -0.2) is 24.4 Å². The number of rotatable bonds is 1. The molecule has 114 valence electrons. The number of nitrogens with zero attached hydrogens (tertiary/aromatic N) is 1. The van der Waals surface area contributed by atoms with E-state index in [9.17, 15) is 4.79 Å². The number of halogens is 1. The first kappa shape index (κ1) is 14.1. The van der Waals surface area contributed by atoms with Crippen molar-refractivity contribution in [3.63, 3.8) is 0 Å². The van der Waals surface area contributed by atoms with Gasteiger partial charge in [0.05, 0.1) is 5.56 Å². The summed E-state index contributed by atoms with van der Waals surface area (Å²) in [5.41, 5.74) is 3.07. The summed E-state index contributed by atoms with van der Waals surface area (Å²) in [7, 11) is 2.12. The lowest BCUT2D eigenvalue weighted by atomic mass is 10.0. The molecule has 2 aromatic rings. The van der Waals surface area contributed by atoms with Crippen LogP contribution in [0.5, 0.6) is 0 Å². The molecule has 0 radical (unpaired) electrons. The van der Waals surface area contributed by atoms with Gasteiger partial charge in [0, 0.05) is 23.0 Å². The van der Waals surface area contributed by atoms with E-state index in [2.05, 4.69) is 22.6 Å². The van der Waals surface area contributed by atoms with Crippen molar-refractivity contribution in [3.05, 3.63) is 50.9 Å². The average Bonchev–Trinajstić information content (AvgIpc) is 2.85. The van der Waals surface area contributed by atoms with E-state index in [1.807, 2.05) is 24.3 Å². The monoisotopic (exact) mass is 333 g/mol. The predicted molar refractivity (Wildman–Crippen MR) is 89.6 cm³/mol. The molecule has 1 amide bonds. The molecule has 1 aromatic heterocycles. The topological polar surface area (TPSA) is 44.4 Å². The Balaban J connectivity index is 1.69. The molecule has 6 heteroatoms. The molecule has 4 nitrogen and oxygen atoms in total. The minimum absolute atomic E-state index is 0.0238. The van der Waals surface area contributed by atoms with Crippen LogP contribution in [0.2, 0.25) is 5.02 Å². The highest BCUT2D eigenvalue weighted by Crippen LogP contribution is 2.40. The molecule has 1 aromatic carbocycles. The van der Waals surface area contributed by atoms with Crippen LogP contribution in [-0.2, 0) is 13.0 Å². The van der Waals surface area contributed by atoms with Crippen molar-refractivity contribution in [2.45, 2.75) is 19.1 Å². The summed E-state index contributed by atoms with van der Waals surface area (Å²) in [6.45, 7) is 1.93. The first-order chi connectivity index (χ1) is 10.6. The van der Waals surface area contributed by atoms with E-state index in [0.717, 1.165) is 35.6 Å². The third-order valence-corrected chi connectivity index (χ3v) is 5.63. The number of anilines is 1. The Kier molecular flexibility index (Phi) is 3.36. The minimum Gasteiger partial charge on any atom is -0.353 e. The third kappa shape index (κ3) is 2.29. The van der Waals surface area contributed by atoms with Gasteiger partial charge in [-0.25, -0.2) is 0 Å². The second kappa shape index (κ2) is 5.26. The number of benzene rings is 1. The Morgan fingerprint density at radius 2 is 2.05 bits per heavy atom. The molecule has 3 heterocycles. The summed E-state index contributed by atoms with van der Waals surface area (Å²) in [6, 6.07) is 7.56. The quantitative estimate of drug-likeness (QED) is 0.842. The third-order valence-electron chi connectivity index (χ3n) is 4.23. The molecular formula is C16H16ClN3OS. The fourth-order valence-electron chi connectivity index (χ4n) is 3.07. The molecule has 0 bridgehead atoms. The van der Waals surface area contributed by atoms with E-state index in [4.69, 9.17) is 11.6 Å². The lowest BCUT2D eigenvalue weighted by Gasteiger charge is -2.27. The highest BCUT2D eigenvalue weighted by Gasteiger charge is 2.32. The van der Waals surface area contributed by atoms with Crippen molar-refractivity contribution in [3.8, 4) is 0 Å². The van der Waals surface area contributed by atoms with Crippen molar-refractivity contribution in [2.75, 3.05) is 18.9 Å². The van der Waals surface area contributed by atoms with Crippen molar-refractivity contribution in [1.29, 1.82) is 0 Å². The molecular weight excluding hydrogens is 318 g/mol. The Morgan fingerprint density at radius 1 is 1.27 bits per heavy atom. The van der Waals surface area contributed by atoms with Crippen LogP contribution in [0.15, 0.2) is 24.3 Å². The number of nitrogens with one attached hydrogen (secondary N) is 2. The summed E-state index contributed by atoms with van der Waals surface area (Å²) in [5, 5.41) is 8.20. The fraction of sp³-hybridized carbons (Fsp3) is 0.312. The summed E-state index contributed by atoms with van der Waals surface area (Å²) in [4.78, 5) is 16.2. The molecule has 0 unspecified atom stereocenters. The summed E-state index contributed by atoms with van der Waals surface area (Å²) in [6.07, 6.45) is 0.744. The van der Waals surface area contributed by atoms with Gasteiger partial charge in [-0.15, -0.1) is 11.3 Å². The van der Waals surface area contributed by atoms with Crippen LogP contribution in [0.3, 0.4) is 0 Å². The lowest BCUT2D eigenvalue weighted by molar-refractivity contribution is 0.0935. The van der Waals surface area contributed by atoms with E-state index in [0.29, 0.717) is 5.02 Å². The van der Waals surface area contributed by atoms with Crippen molar-refractivity contribution >= 4 is 33.8 Å². The lowest BCUT2D eigenvalue weighted by Crippen LogP contribution is -2.38. The fourth-order valence-corrected chi connectivity index (χ4v) is 4.54. The van der Waals surface area contributed by atoms with Crippen LogP contribution in [0.1, 0.15) is 32.5 Å². The molecule has 0 spiro atoms. The Bertz CT molecular complexity index is 741. The van der Waals surface area contributed by atoms with Gasteiger partial charge >= 0.3 is 0 Å². The normalized spacial score (nSPS) is 20.8. The molecule has 2 N–H and O–H groups in total. The number of carbonyl (C=O) groups excluding carboxylic acids is 1. The van der Waals surface area contributed by atoms with Gasteiger partial charge in [0.1, 0.15) is 11.2 Å². The predicted octanol–water partition coefficient (Wildman–Crippen LogP) is 3.24. The van der Waals surface area contributed by atoms with Crippen LogP contribution in [0, 0.1) is 0 Å². The largest absolute Gasteiger partial charge is 0.353 e. The number of carbonyl (C=O) groups is 1. The van der Waals surface area contributed by atoms with E-state index < -0.39 is 0 Å². The van der Waals surface area contributed by atoms with Gasteiger partial charge in [-0.1, -0.05) is 23.7 Å². The Hall–Kier alpha value is -1.56. The van der Waals surface area contributed by atoms with Gasteiger partial charge < -0.3 is 15.5 Å². The van der Waals surface area contributed by atoms with Gasteiger partial charge in [0.2, 0.25) is 0 Å². The standard InChI is InChI=1S/C16H16ClN3OS/c1-20-7-6-11-12(8-20)22-16-13(11)15(21)18-14(19-16)9-2-4-10(17)5-3-9/h2-5,14,19H,6-8H2,1H3,(H,18,21)/t14-/m0/s1. The molecule has 0 saturated heterocycles. The van der Waals surface area contributed by atoms with E-state index in [-0.39, 0.29) is 12.1 Å². The molecule has 22 heavy (non-hydrogen) atoms. The molecule has 2 aliphatic rings. The van der Waals surface area contributed by atoms with Gasteiger partial charge in [0.15, 0.2) is 0 Å². The number of amides is 1. The summed E-state index contributed by atoms with van der Waals surface area (Å²) < 4.78 is 0. The molecule has 4 rings (SSSR count). The van der Waals surface area contributed by atoms with E-state index in [1.165, 1.54) is 10.4 Å². The number of fused-ring (bicyclic) bond motifs is 3. The van der Waals surface area contributed by atoms with Crippen molar-refractivity contribution in [1.82, 2.24) is 10.2 Å². The Labute approximate surface area is 138 Å². The van der Waals surface area contributed by atoms with Crippen LogP contribution >= 0.6 is 22.9 Å². The zero-order chi connectivity index (χ0) is 15.3. The highest BCUT2D eigenvalue weighted by atomic mass is 35.5. The first-order valence-electron chi connectivity index (χ1n) is 7.28. The van der Waals surface area contributed by atoms with Crippen LogP contribution in [0.4, 0.5) is 5.00 Å². The number of hydrogen-bond donors (Lipinski definition) is 2. The highest BCUT2D eigenvalue weighted by molar-refractivity contribution is 7.16. The van der Waals surface area contributed by atoms with Crippen molar-refractivity contribution < 1.29 is 4.79 Å². The average molecular weight is 334 g/mol. The zero-order valence-corrected chi connectivity index (χ0v) is 13.7. The van der Waals surface area contributed by atoms with Gasteiger partial charge in [-0.05, 0) is 36.7 Å². The number of thiophene rings is 1. The minimum atomic E-state index is -0.199. The van der Waals surface area contributed by atoms with Crippen LogP contribution < -0.4 is 10.6 Å². The first-order valence-corrected chi connectivity index (χ1v) is 8.47. The maximum atomic E-state index is 12.6. The molecule has 0 aliphatic carbocycles. The summed E-state index contributed by atoms with van der Waals surface area (Å²) in [5.74, 6) is 0.0238. The SMILES string of the molecule is CN1CCc2c(sc3c2C(=O)N[C@H](c2ccc(Cl)cc2)N3)C1. The maximum Gasteiger partial charge on any atom is 0.256 e. The van der Waals surface area contributed by atoms with Crippen LogP contribution in [0.25, 0.3) is 0 Å². The second-order valence-electron chi connectivity index (χ2n) is 5.80. The van der Waals surface area contributed by atoms with E-state index >= 15 is 0 Å². The molecule has 1 atom stereocenters. The molecule has 0 saturated carbocycles. The van der Waals surface area contributed by atoms with Gasteiger partial charge in [-0.3, -0.25) is 4.79 Å². The summed E-state index contributed by atoms with van der Waals surface area (Å²) >= 11 is 7.64. The number of hydrogen-bond acceptors (Lipinski definition) is 4. The van der Waals surface area contributed by atoms with Gasteiger partial charge in [-0.2, -0.15) is 0 Å². The molecule has 2 aliphatic heterocycles. The number of likely N-dealkylation sites (N-methyl/N-ethyl adjacent to an activating group) is 1.